The third kappa shape index (κ3) is 2.95. The highest BCUT2D eigenvalue weighted by atomic mass is 16.5. The summed E-state index contributed by atoms with van der Waals surface area (Å²) >= 11 is 0. The lowest BCUT2D eigenvalue weighted by Gasteiger charge is -1.97. The van der Waals surface area contributed by atoms with Crippen molar-refractivity contribution in [3.8, 4) is 0 Å². The van der Waals surface area contributed by atoms with E-state index in [4.69, 9.17) is 8.94 Å². The molecule has 1 N–H and O–H groups in total. The lowest BCUT2D eigenvalue weighted by atomic mass is 10.3. The first-order valence-electron chi connectivity index (χ1n) is 5.34. The molecule has 0 spiro atoms. The summed E-state index contributed by atoms with van der Waals surface area (Å²) < 4.78 is 14.6. The van der Waals surface area contributed by atoms with E-state index in [0.29, 0.717) is 36.1 Å². The Morgan fingerprint density at radius 2 is 2.33 bits per heavy atom. The van der Waals surface area contributed by atoms with Crippen molar-refractivity contribution >= 4 is 5.97 Å². The van der Waals surface area contributed by atoms with E-state index >= 15 is 0 Å². The van der Waals surface area contributed by atoms with Gasteiger partial charge in [0, 0.05) is 6.92 Å². The summed E-state index contributed by atoms with van der Waals surface area (Å²) in [6.45, 7) is 2.65. The molecular formula is C11H13N3O4. The third-order valence-corrected chi connectivity index (χ3v) is 2.23. The van der Waals surface area contributed by atoms with Crippen molar-refractivity contribution in [1.82, 2.24) is 15.5 Å². The molecule has 0 unspecified atom stereocenters. The largest absolute Gasteiger partial charge is 0.467 e. The number of aryl methyl sites for hydroxylation is 1. The molecule has 18 heavy (non-hydrogen) atoms. The zero-order valence-corrected chi connectivity index (χ0v) is 10.1. The molecule has 0 bridgehead atoms. The van der Waals surface area contributed by atoms with E-state index in [1.165, 1.54) is 13.4 Å². The van der Waals surface area contributed by atoms with Crippen molar-refractivity contribution in [2.24, 2.45) is 0 Å². The van der Waals surface area contributed by atoms with Crippen molar-refractivity contribution < 1.29 is 18.5 Å². The Bertz CT molecular complexity index is 532. The smallest absolute Gasteiger partial charge is 0.341 e. The summed E-state index contributed by atoms with van der Waals surface area (Å²) in [5.41, 5.74) is 0.393. The number of nitrogens with zero attached hydrogens (tertiary/aromatic N) is 2. The molecule has 2 heterocycles. The number of carbonyl (C=O) groups is 1. The number of aromatic nitrogens is 2. The fourth-order valence-electron chi connectivity index (χ4n) is 1.41. The minimum atomic E-state index is -0.418. The Labute approximate surface area is 103 Å². The molecule has 96 valence electrons. The van der Waals surface area contributed by atoms with Crippen molar-refractivity contribution in [3.05, 3.63) is 35.4 Å². The van der Waals surface area contributed by atoms with Crippen LogP contribution in [-0.4, -0.2) is 23.2 Å². The van der Waals surface area contributed by atoms with Crippen LogP contribution in [0.3, 0.4) is 0 Å². The van der Waals surface area contributed by atoms with Crippen molar-refractivity contribution in [3.63, 3.8) is 0 Å². The van der Waals surface area contributed by atoms with Crippen LogP contribution in [0.5, 0.6) is 0 Å². The van der Waals surface area contributed by atoms with Gasteiger partial charge in [0.2, 0.25) is 5.89 Å². The van der Waals surface area contributed by atoms with E-state index < -0.39 is 5.97 Å². The maximum atomic E-state index is 11.2. The van der Waals surface area contributed by atoms with Crippen LogP contribution in [0.15, 0.2) is 21.3 Å². The molecule has 0 amide bonds. The van der Waals surface area contributed by atoms with Gasteiger partial charge in [-0.1, -0.05) is 5.16 Å². The SMILES string of the molecule is COC(=O)c1coc(CNCc2noc(C)n2)c1. The van der Waals surface area contributed by atoms with Gasteiger partial charge in [0.05, 0.1) is 25.8 Å². The minimum absolute atomic E-state index is 0.393. The standard InChI is InChI=1S/C11H13N3O4/c1-7-13-10(14-18-7)5-12-4-9-3-8(6-17-9)11(15)16-2/h3,6,12H,4-5H2,1-2H3. The zero-order valence-electron chi connectivity index (χ0n) is 10.1. The maximum absolute atomic E-state index is 11.2. The maximum Gasteiger partial charge on any atom is 0.341 e. The van der Waals surface area contributed by atoms with Crippen molar-refractivity contribution in [2.75, 3.05) is 7.11 Å². The summed E-state index contributed by atoms with van der Waals surface area (Å²) in [5.74, 6) is 1.32. The fourth-order valence-corrected chi connectivity index (χ4v) is 1.41. The van der Waals surface area contributed by atoms with Gasteiger partial charge in [0.15, 0.2) is 5.82 Å². The lowest BCUT2D eigenvalue weighted by molar-refractivity contribution is 0.0600. The second kappa shape index (κ2) is 5.46. The fraction of sp³-hybridized carbons (Fsp3) is 0.364. The monoisotopic (exact) mass is 251 g/mol. The molecule has 0 radical (unpaired) electrons. The molecule has 2 aromatic heterocycles. The summed E-state index contributed by atoms with van der Waals surface area (Å²) in [6.07, 6.45) is 1.36. The van der Waals surface area contributed by atoms with Gasteiger partial charge in [-0.25, -0.2) is 4.79 Å². The van der Waals surface area contributed by atoms with Crippen molar-refractivity contribution in [1.29, 1.82) is 0 Å². The van der Waals surface area contributed by atoms with Crippen molar-refractivity contribution in [2.45, 2.75) is 20.0 Å². The molecule has 0 saturated heterocycles. The highest BCUT2D eigenvalue weighted by Gasteiger charge is 2.10. The number of carbonyl (C=O) groups excluding carboxylic acids is 1. The van der Waals surface area contributed by atoms with Gasteiger partial charge in [-0.2, -0.15) is 4.98 Å². The second-order valence-electron chi connectivity index (χ2n) is 3.63. The molecule has 0 saturated carbocycles. The van der Waals surface area contributed by atoms with Crippen LogP contribution in [0.1, 0.15) is 27.8 Å². The van der Waals surface area contributed by atoms with Crippen LogP contribution in [-0.2, 0) is 17.8 Å². The van der Waals surface area contributed by atoms with E-state index in [1.807, 2.05) is 0 Å². The molecule has 0 fully saturated rings. The Hall–Kier alpha value is -2.15. The molecule has 7 nitrogen and oxygen atoms in total. The zero-order chi connectivity index (χ0) is 13.0. The number of rotatable bonds is 5. The van der Waals surface area contributed by atoms with Crippen LogP contribution in [0.2, 0.25) is 0 Å². The summed E-state index contributed by atoms with van der Waals surface area (Å²) in [5, 5.41) is 6.81. The highest BCUT2D eigenvalue weighted by molar-refractivity contribution is 5.88. The Morgan fingerprint density at radius 3 is 3.00 bits per heavy atom. The van der Waals surface area contributed by atoms with Crippen LogP contribution >= 0.6 is 0 Å². The number of furan rings is 1. The van der Waals surface area contributed by atoms with Gasteiger partial charge in [-0.15, -0.1) is 0 Å². The molecule has 0 aromatic carbocycles. The summed E-state index contributed by atoms with van der Waals surface area (Å²) in [7, 11) is 1.33. The Balaban J connectivity index is 1.83. The van der Waals surface area contributed by atoms with Crippen LogP contribution in [0.25, 0.3) is 0 Å². The molecular weight excluding hydrogens is 238 g/mol. The number of ether oxygens (including phenoxy) is 1. The van der Waals surface area contributed by atoms with E-state index in [1.54, 1.807) is 13.0 Å². The predicted octanol–water partition coefficient (Wildman–Crippen LogP) is 1.05. The van der Waals surface area contributed by atoms with E-state index in [2.05, 4.69) is 20.2 Å². The summed E-state index contributed by atoms with van der Waals surface area (Å²) in [4.78, 5) is 15.2. The predicted molar refractivity (Wildman–Crippen MR) is 59.6 cm³/mol. The van der Waals surface area contributed by atoms with E-state index in [-0.39, 0.29) is 0 Å². The molecule has 0 aliphatic rings. The van der Waals surface area contributed by atoms with Gasteiger partial charge in [-0.3, -0.25) is 0 Å². The second-order valence-corrected chi connectivity index (χ2v) is 3.63. The summed E-state index contributed by atoms with van der Waals surface area (Å²) in [6, 6.07) is 1.63. The first-order chi connectivity index (χ1) is 8.69. The molecule has 0 aliphatic carbocycles. The van der Waals surface area contributed by atoms with Gasteiger partial charge < -0.3 is 19.0 Å². The quantitative estimate of drug-likeness (QED) is 0.794. The average Bonchev–Trinajstić information content (AvgIpc) is 2.98. The van der Waals surface area contributed by atoms with Gasteiger partial charge in [0.25, 0.3) is 0 Å². The Kier molecular flexibility index (Phi) is 3.73. The molecule has 2 rings (SSSR count). The normalized spacial score (nSPS) is 10.6. The Morgan fingerprint density at radius 1 is 1.50 bits per heavy atom. The number of methoxy groups -OCH3 is 1. The first kappa shape index (κ1) is 12.3. The lowest BCUT2D eigenvalue weighted by Crippen LogP contribution is -2.13. The van der Waals surface area contributed by atoms with E-state index in [0.717, 1.165) is 0 Å². The van der Waals surface area contributed by atoms with Crippen LogP contribution in [0, 0.1) is 6.92 Å². The number of nitrogens with one attached hydrogen (secondary N) is 1. The molecule has 0 atom stereocenters. The number of esters is 1. The number of hydrogen-bond acceptors (Lipinski definition) is 7. The number of hydrogen-bond donors (Lipinski definition) is 1. The molecule has 0 aliphatic heterocycles. The third-order valence-electron chi connectivity index (χ3n) is 2.23. The molecule has 2 aromatic rings. The van der Waals surface area contributed by atoms with Crippen LogP contribution in [0.4, 0.5) is 0 Å². The molecule has 7 heteroatoms. The minimum Gasteiger partial charge on any atom is -0.467 e. The van der Waals surface area contributed by atoms with Gasteiger partial charge >= 0.3 is 5.97 Å². The van der Waals surface area contributed by atoms with Gasteiger partial charge in [-0.05, 0) is 6.07 Å². The van der Waals surface area contributed by atoms with Gasteiger partial charge in [0.1, 0.15) is 12.0 Å². The first-order valence-corrected chi connectivity index (χ1v) is 5.34. The average molecular weight is 251 g/mol. The van der Waals surface area contributed by atoms with Crippen LogP contribution < -0.4 is 5.32 Å². The topological polar surface area (TPSA) is 90.4 Å². The van der Waals surface area contributed by atoms with E-state index in [9.17, 15) is 4.79 Å². The highest BCUT2D eigenvalue weighted by Crippen LogP contribution is 2.08.